The van der Waals surface area contributed by atoms with Crippen LogP contribution in [-0.2, 0) is 6.54 Å². The Hall–Kier alpha value is -0.940. The van der Waals surface area contributed by atoms with Crippen molar-refractivity contribution < 1.29 is 4.63 Å². The van der Waals surface area contributed by atoms with Crippen LogP contribution in [0, 0.1) is 12.8 Å². The summed E-state index contributed by atoms with van der Waals surface area (Å²) in [6.45, 7) is 6.39. The fourth-order valence-electron chi connectivity index (χ4n) is 2.57. The molecule has 2 fully saturated rings. The Kier molecular flexibility index (Phi) is 3.61. The Morgan fingerprint density at radius 2 is 2.00 bits per heavy atom. The molecule has 2 heterocycles. The summed E-state index contributed by atoms with van der Waals surface area (Å²) in [6.07, 6.45) is 5.36. The molecule has 1 saturated carbocycles. The molecular formula is C13H22N4O. The lowest BCUT2D eigenvalue weighted by molar-refractivity contribution is 0.170. The molecule has 1 N–H and O–H groups in total. The summed E-state index contributed by atoms with van der Waals surface area (Å²) in [7, 11) is 0. The van der Waals surface area contributed by atoms with Gasteiger partial charge in [0.2, 0.25) is 0 Å². The molecule has 0 spiro atoms. The highest BCUT2D eigenvalue weighted by atomic mass is 16.6. The van der Waals surface area contributed by atoms with Gasteiger partial charge < -0.3 is 5.32 Å². The normalized spacial score (nSPS) is 22.5. The quantitative estimate of drug-likeness (QED) is 0.854. The van der Waals surface area contributed by atoms with E-state index in [1.807, 2.05) is 6.92 Å². The van der Waals surface area contributed by atoms with Crippen LogP contribution in [0.5, 0.6) is 0 Å². The number of likely N-dealkylation sites (tertiary alicyclic amines) is 1. The first-order valence-corrected chi connectivity index (χ1v) is 7.05. The fraction of sp³-hybridized carbons (Fsp3) is 0.846. The molecule has 1 aliphatic heterocycles. The zero-order chi connectivity index (χ0) is 12.4. The molecule has 0 atom stereocenters. The van der Waals surface area contributed by atoms with Crippen LogP contribution in [-0.4, -0.2) is 40.9 Å². The van der Waals surface area contributed by atoms with Gasteiger partial charge in [0.25, 0.3) is 0 Å². The van der Waals surface area contributed by atoms with Crippen molar-refractivity contribution in [2.75, 3.05) is 19.6 Å². The average Bonchev–Trinajstić information content (AvgIpc) is 3.13. The van der Waals surface area contributed by atoms with E-state index >= 15 is 0 Å². The summed E-state index contributed by atoms with van der Waals surface area (Å²) in [5.74, 6) is 0.860. The molecule has 1 aromatic rings. The second-order valence-corrected chi connectivity index (χ2v) is 5.70. The SMILES string of the molecule is Cc1nonc1CN1CCC(CNC2CC2)CC1. The van der Waals surface area contributed by atoms with Gasteiger partial charge in [-0.15, -0.1) is 0 Å². The number of hydrogen-bond donors (Lipinski definition) is 1. The molecule has 0 aromatic carbocycles. The minimum Gasteiger partial charge on any atom is -0.314 e. The van der Waals surface area contributed by atoms with E-state index in [1.54, 1.807) is 0 Å². The van der Waals surface area contributed by atoms with Gasteiger partial charge in [-0.2, -0.15) is 0 Å². The van der Waals surface area contributed by atoms with Gasteiger partial charge in [0, 0.05) is 12.6 Å². The summed E-state index contributed by atoms with van der Waals surface area (Å²) in [6, 6.07) is 0.840. The number of rotatable bonds is 5. The molecule has 5 nitrogen and oxygen atoms in total. The first-order chi connectivity index (χ1) is 8.81. The van der Waals surface area contributed by atoms with Crippen LogP contribution in [0.4, 0.5) is 0 Å². The fourth-order valence-corrected chi connectivity index (χ4v) is 2.57. The largest absolute Gasteiger partial charge is 0.314 e. The molecule has 18 heavy (non-hydrogen) atoms. The molecule has 1 aliphatic carbocycles. The van der Waals surface area contributed by atoms with Crippen LogP contribution in [0.25, 0.3) is 0 Å². The van der Waals surface area contributed by atoms with Crippen LogP contribution >= 0.6 is 0 Å². The first-order valence-electron chi connectivity index (χ1n) is 7.05. The predicted molar refractivity (Wildman–Crippen MR) is 68.1 cm³/mol. The van der Waals surface area contributed by atoms with Crippen molar-refractivity contribution in [3.05, 3.63) is 11.4 Å². The summed E-state index contributed by atoms with van der Waals surface area (Å²) in [5, 5.41) is 11.4. The van der Waals surface area contributed by atoms with E-state index in [0.717, 1.165) is 29.9 Å². The molecule has 0 bridgehead atoms. The van der Waals surface area contributed by atoms with Crippen LogP contribution in [0.3, 0.4) is 0 Å². The minimum atomic E-state index is 0.840. The van der Waals surface area contributed by atoms with E-state index in [4.69, 9.17) is 4.63 Å². The Balaban J connectivity index is 1.40. The lowest BCUT2D eigenvalue weighted by atomic mass is 9.96. The second kappa shape index (κ2) is 5.36. The standard InChI is InChI=1S/C13H22N4O/c1-10-13(16-18-15-10)9-17-6-4-11(5-7-17)8-14-12-2-3-12/h11-12,14H,2-9H2,1H3. The number of hydrogen-bond acceptors (Lipinski definition) is 5. The van der Waals surface area contributed by atoms with E-state index in [0.29, 0.717) is 0 Å². The van der Waals surface area contributed by atoms with E-state index in [2.05, 4.69) is 20.5 Å². The van der Waals surface area contributed by atoms with Crippen LogP contribution in [0.1, 0.15) is 37.1 Å². The van der Waals surface area contributed by atoms with Gasteiger partial charge in [-0.05, 0) is 58.2 Å². The Labute approximate surface area is 108 Å². The monoisotopic (exact) mass is 250 g/mol. The molecule has 2 aliphatic rings. The number of aryl methyl sites for hydroxylation is 1. The predicted octanol–water partition coefficient (Wildman–Crippen LogP) is 1.34. The summed E-state index contributed by atoms with van der Waals surface area (Å²) < 4.78 is 4.74. The lowest BCUT2D eigenvalue weighted by Gasteiger charge is -2.31. The Bertz CT molecular complexity index is 380. The molecule has 0 amide bonds. The molecule has 5 heteroatoms. The molecule has 3 rings (SSSR count). The molecule has 0 radical (unpaired) electrons. The van der Waals surface area contributed by atoms with Crippen LogP contribution < -0.4 is 5.32 Å². The van der Waals surface area contributed by atoms with Crippen molar-refractivity contribution in [2.24, 2.45) is 5.92 Å². The average molecular weight is 250 g/mol. The van der Waals surface area contributed by atoms with Crippen molar-refractivity contribution in [2.45, 2.75) is 45.2 Å². The summed E-state index contributed by atoms with van der Waals surface area (Å²) in [4.78, 5) is 2.46. The van der Waals surface area contributed by atoms with Crippen molar-refractivity contribution >= 4 is 0 Å². The van der Waals surface area contributed by atoms with E-state index < -0.39 is 0 Å². The third-order valence-electron chi connectivity index (χ3n) is 4.10. The van der Waals surface area contributed by atoms with Gasteiger partial charge in [-0.1, -0.05) is 10.3 Å². The maximum atomic E-state index is 4.74. The highest BCUT2D eigenvalue weighted by Crippen LogP contribution is 2.22. The van der Waals surface area contributed by atoms with Crippen molar-refractivity contribution in [1.29, 1.82) is 0 Å². The van der Waals surface area contributed by atoms with Crippen molar-refractivity contribution in [1.82, 2.24) is 20.5 Å². The number of piperidine rings is 1. The zero-order valence-corrected chi connectivity index (χ0v) is 11.1. The zero-order valence-electron chi connectivity index (χ0n) is 11.1. The maximum Gasteiger partial charge on any atom is 0.122 e. The topological polar surface area (TPSA) is 54.2 Å². The molecule has 0 unspecified atom stereocenters. The van der Waals surface area contributed by atoms with E-state index in [-0.39, 0.29) is 0 Å². The van der Waals surface area contributed by atoms with Gasteiger partial charge in [-0.25, -0.2) is 4.63 Å². The van der Waals surface area contributed by atoms with Gasteiger partial charge in [0.1, 0.15) is 11.4 Å². The molecular weight excluding hydrogens is 228 g/mol. The first kappa shape index (κ1) is 12.1. The highest BCUT2D eigenvalue weighted by Gasteiger charge is 2.24. The minimum absolute atomic E-state index is 0.840. The van der Waals surface area contributed by atoms with Crippen LogP contribution in [0.2, 0.25) is 0 Å². The van der Waals surface area contributed by atoms with Crippen LogP contribution in [0.15, 0.2) is 4.63 Å². The third-order valence-corrected chi connectivity index (χ3v) is 4.10. The Morgan fingerprint density at radius 3 is 2.61 bits per heavy atom. The lowest BCUT2D eigenvalue weighted by Crippen LogP contribution is -2.37. The maximum absolute atomic E-state index is 4.74. The molecule has 1 aromatic heterocycles. The number of aromatic nitrogens is 2. The highest BCUT2D eigenvalue weighted by molar-refractivity contribution is 5.04. The molecule has 1 saturated heterocycles. The van der Waals surface area contributed by atoms with E-state index in [1.165, 1.54) is 45.3 Å². The van der Waals surface area contributed by atoms with Gasteiger partial charge >= 0.3 is 0 Å². The van der Waals surface area contributed by atoms with Crippen molar-refractivity contribution in [3.63, 3.8) is 0 Å². The third kappa shape index (κ3) is 3.09. The van der Waals surface area contributed by atoms with Crippen molar-refractivity contribution in [3.8, 4) is 0 Å². The second-order valence-electron chi connectivity index (χ2n) is 5.70. The summed E-state index contributed by atoms with van der Waals surface area (Å²) in [5.41, 5.74) is 1.91. The number of nitrogens with one attached hydrogen (secondary N) is 1. The molecule has 100 valence electrons. The van der Waals surface area contributed by atoms with Gasteiger partial charge in [-0.3, -0.25) is 4.90 Å². The summed E-state index contributed by atoms with van der Waals surface area (Å²) >= 11 is 0. The van der Waals surface area contributed by atoms with E-state index in [9.17, 15) is 0 Å². The van der Waals surface area contributed by atoms with Gasteiger partial charge in [0.05, 0.1) is 0 Å². The number of nitrogens with zero attached hydrogens (tertiary/aromatic N) is 3. The smallest absolute Gasteiger partial charge is 0.122 e. The Morgan fingerprint density at radius 1 is 1.22 bits per heavy atom. The van der Waals surface area contributed by atoms with Gasteiger partial charge in [0.15, 0.2) is 0 Å².